The zero-order valence-corrected chi connectivity index (χ0v) is 9.15. The molecule has 1 aromatic rings. The van der Waals surface area contributed by atoms with Gasteiger partial charge < -0.3 is 4.57 Å². The van der Waals surface area contributed by atoms with Crippen molar-refractivity contribution in [2.45, 2.75) is 45.6 Å². The lowest BCUT2D eigenvalue weighted by Gasteiger charge is -2.26. The zero-order chi connectivity index (χ0) is 9.80. The van der Waals surface area contributed by atoms with Gasteiger partial charge in [-0.15, -0.1) is 0 Å². The first kappa shape index (κ1) is 9.82. The summed E-state index contributed by atoms with van der Waals surface area (Å²) in [7, 11) is 0. The first-order valence-corrected chi connectivity index (χ1v) is 5.95. The summed E-state index contributed by atoms with van der Waals surface area (Å²) in [6, 6.07) is 4.23. The molecule has 0 saturated heterocycles. The van der Waals surface area contributed by atoms with Crippen molar-refractivity contribution in [1.82, 2.24) is 4.57 Å². The van der Waals surface area contributed by atoms with Gasteiger partial charge in [-0.2, -0.15) is 0 Å². The lowest BCUT2D eigenvalue weighted by molar-refractivity contribution is 0.269. The van der Waals surface area contributed by atoms with Crippen LogP contribution in [0.4, 0.5) is 0 Å². The first-order chi connectivity index (χ1) is 6.84. The highest BCUT2D eigenvalue weighted by Crippen LogP contribution is 2.30. The molecule has 0 aromatic carbocycles. The standard InChI is InChI=1S/C13H21N/c1-12-4-6-13(7-5-12)8-11-14-9-2-3-10-14/h2-3,9-10,12-13H,4-8,11H2,1H3. The maximum Gasteiger partial charge on any atom is 0.0222 e. The summed E-state index contributed by atoms with van der Waals surface area (Å²) in [6.07, 6.45) is 11.6. The van der Waals surface area contributed by atoms with Crippen LogP contribution in [-0.2, 0) is 6.54 Å². The van der Waals surface area contributed by atoms with Crippen LogP contribution in [0.2, 0.25) is 0 Å². The molecule has 0 atom stereocenters. The Morgan fingerprint density at radius 1 is 1.07 bits per heavy atom. The van der Waals surface area contributed by atoms with Gasteiger partial charge >= 0.3 is 0 Å². The summed E-state index contributed by atoms with van der Waals surface area (Å²) >= 11 is 0. The topological polar surface area (TPSA) is 4.93 Å². The highest BCUT2D eigenvalue weighted by molar-refractivity contribution is 4.90. The molecule has 1 aliphatic carbocycles. The fourth-order valence-electron chi connectivity index (χ4n) is 2.47. The second-order valence-corrected chi connectivity index (χ2v) is 4.84. The zero-order valence-electron chi connectivity index (χ0n) is 9.15. The molecule has 1 fully saturated rings. The SMILES string of the molecule is CC1CCC(CCn2cccc2)CC1. The number of aryl methyl sites for hydroxylation is 1. The molecule has 1 aromatic heterocycles. The average molecular weight is 191 g/mol. The third-order valence-electron chi connectivity index (χ3n) is 3.60. The third kappa shape index (κ3) is 2.63. The van der Waals surface area contributed by atoms with Crippen molar-refractivity contribution in [2.75, 3.05) is 0 Å². The van der Waals surface area contributed by atoms with Gasteiger partial charge in [0, 0.05) is 18.9 Å². The predicted molar refractivity (Wildman–Crippen MR) is 60.2 cm³/mol. The Balaban J connectivity index is 1.71. The van der Waals surface area contributed by atoms with E-state index in [0.717, 1.165) is 11.8 Å². The Labute approximate surface area is 87.1 Å². The van der Waals surface area contributed by atoms with Crippen molar-refractivity contribution >= 4 is 0 Å². The van der Waals surface area contributed by atoms with Crippen molar-refractivity contribution in [3.8, 4) is 0 Å². The number of rotatable bonds is 3. The van der Waals surface area contributed by atoms with Crippen molar-refractivity contribution in [1.29, 1.82) is 0 Å². The van der Waals surface area contributed by atoms with Crippen LogP contribution in [0, 0.1) is 11.8 Å². The minimum absolute atomic E-state index is 0.984. The normalized spacial score (nSPS) is 27.8. The van der Waals surface area contributed by atoms with Crippen LogP contribution in [0.3, 0.4) is 0 Å². The lowest BCUT2D eigenvalue weighted by Crippen LogP contribution is -2.14. The number of hydrogen-bond acceptors (Lipinski definition) is 0. The molecule has 0 radical (unpaired) electrons. The van der Waals surface area contributed by atoms with Gasteiger partial charge in [-0.25, -0.2) is 0 Å². The fourth-order valence-corrected chi connectivity index (χ4v) is 2.47. The monoisotopic (exact) mass is 191 g/mol. The van der Waals surface area contributed by atoms with Crippen LogP contribution in [0.15, 0.2) is 24.5 Å². The van der Waals surface area contributed by atoms with Crippen LogP contribution < -0.4 is 0 Å². The summed E-state index contributed by atoms with van der Waals surface area (Å²) in [6.45, 7) is 3.61. The number of aromatic nitrogens is 1. The van der Waals surface area contributed by atoms with E-state index in [1.807, 2.05) is 0 Å². The lowest BCUT2D eigenvalue weighted by atomic mass is 9.81. The van der Waals surface area contributed by atoms with Gasteiger partial charge in [0.2, 0.25) is 0 Å². The molecular weight excluding hydrogens is 170 g/mol. The summed E-state index contributed by atoms with van der Waals surface area (Å²) in [4.78, 5) is 0. The summed E-state index contributed by atoms with van der Waals surface area (Å²) in [5.41, 5.74) is 0. The van der Waals surface area contributed by atoms with E-state index in [4.69, 9.17) is 0 Å². The van der Waals surface area contributed by atoms with Gasteiger partial charge in [0.05, 0.1) is 0 Å². The second kappa shape index (κ2) is 4.68. The second-order valence-electron chi connectivity index (χ2n) is 4.84. The fraction of sp³-hybridized carbons (Fsp3) is 0.692. The van der Waals surface area contributed by atoms with Crippen LogP contribution >= 0.6 is 0 Å². The van der Waals surface area contributed by atoms with Gasteiger partial charge in [0.1, 0.15) is 0 Å². The Morgan fingerprint density at radius 3 is 2.36 bits per heavy atom. The Bertz CT molecular complexity index is 242. The van der Waals surface area contributed by atoms with E-state index in [1.54, 1.807) is 0 Å². The molecule has 0 spiro atoms. The highest BCUT2D eigenvalue weighted by atomic mass is 14.9. The molecular formula is C13H21N. The van der Waals surface area contributed by atoms with E-state index >= 15 is 0 Å². The van der Waals surface area contributed by atoms with Gasteiger partial charge in [-0.3, -0.25) is 0 Å². The van der Waals surface area contributed by atoms with Crippen LogP contribution in [0.5, 0.6) is 0 Å². The van der Waals surface area contributed by atoms with E-state index in [9.17, 15) is 0 Å². The first-order valence-electron chi connectivity index (χ1n) is 5.95. The Morgan fingerprint density at radius 2 is 1.71 bits per heavy atom. The van der Waals surface area contributed by atoms with Crippen LogP contribution in [0.1, 0.15) is 39.0 Å². The Hall–Kier alpha value is -0.720. The largest absolute Gasteiger partial charge is 0.354 e. The van der Waals surface area contributed by atoms with E-state index in [-0.39, 0.29) is 0 Å². The molecule has 0 amide bonds. The highest BCUT2D eigenvalue weighted by Gasteiger charge is 2.17. The molecule has 1 heteroatoms. The smallest absolute Gasteiger partial charge is 0.0222 e. The molecule has 1 heterocycles. The van der Waals surface area contributed by atoms with Gasteiger partial charge in [0.15, 0.2) is 0 Å². The predicted octanol–water partition coefficient (Wildman–Crippen LogP) is 3.70. The third-order valence-corrected chi connectivity index (χ3v) is 3.60. The number of hydrogen-bond donors (Lipinski definition) is 0. The summed E-state index contributed by atoms with van der Waals surface area (Å²) < 4.78 is 2.30. The van der Waals surface area contributed by atoms with E-state index in [1.165, 1.54) is 38.6 Å². The summed E-state index contributed by atoms with van der Waals surface area (Å²) in [5.74, 6) is 1.98. The molecule has 14 heavy (non-hydrogen) atoms. The molecule has 78 valence electrons. The van der Waals surface area contributed by atoms with E-state index < -0.39 is 0 Å². The minimum atomic E-state index is 0.984. The van der Waals surface area contributed by atoms with Crippen molar-refractivity contribution in [3.63, 3.8) is 0 Å². The molecule has 2 rings (SSSR count). The Kier molecular flexibility index (Phi) is 3.28. The maximum absolute atomic E-state index is 2.39. The van der Waals surface area contributed by atoms with E-state index in [2.05, 4.69) is 36.0 Å². The van der Waals surface area contributed by atoms with Crippen molar-refractivity contribution < 1.29 is 0 Å². The molecule has 0 N–H and O–H groups in total. The maximum atomic E-state index is 2.39. The average Bonchev–Trinajstić information content (AvgIpc) is 2.70. The molecule has 1 saturated carbocycles. The quantitative estimate of drug-likeness (QED) is 0.686. The molecule has 0 unspecified atom stereocenters. The molecule has 0 bridgehead atoms. The molecule has 1 aliphatic rings. The van der Waals surface area contributed by atoms with Gasteiger partial charge in [-0.1, -0.05) is 32.6 Å². The minimum Gasteiger partial charge on any atom is -0.354 e. The molecule has 1 nitrogen and oxygen atoms in total. The van der Waals surface area contributed by atoms with E-state index in [0.29, 0.717) is 0 Å². The van der Waals surface area contributed by atoms with Gasteiger partial charge in [0.25, 0.3) is 0 Å². The number of nitrogens with zero attached hydrogens (tertiary/aromatic N) is 1. The summed E-state index contributed by atoms with van der Waals surface area (Å²) in [5, 5.41) is 0. The molecule has 0 aliphatic heterocycles. The van der Waals surface area contributed by atoms with Gasteiger partial charge in [-0.05, 0) is 30.4 Å². The van der Waals surface area contributed by atoms with Crippen molar-refractivity contribution in [2.24, 2.45) is 11.8 Å². The van der Waals surface area contributed by atoms with Crippen molar-refractivity contribution in [3.05, 3.63) is 24.5 Å². The van der Waals surface area contributed by atoms with Crippen LogP contribution in [0.25, 0.3) is 0 Å². The van der Waals surface area contributed by atoms with Crippen LogP contribution in [-0.4, -0.2) is 4.57 Å².